The van der Waals surface area contributed by atoms with Crippen molar-refractivity contribution in [3.05, 3.63) is 44.6 Å². The van der Waals surface area contributed by atoms with E-state index in [0.717, 1.165) is 28.0 Å². The summed E-state index contributed by atoms with van der Waals surface area (Å²) in [6.45, 7) is 0. The van der Waals surface area contributed by atoms with Gasteiger partial charge in [0.25, 0.3) is 0 Å². The van der Waals surface area contributed by atoms with Crippen molar-refractivity contribution in [3.8, 4) is 11.5 Å². The van der Waals surface area contributed by atoms with Crippen molar-refractivity contribution >= 4 is 27.3 Å². The predicted octanol–water partition coefficient (Wildman–Crippen LogP) is 4.04. The summed E-state index contributed by atoms with van der Waals surface area (Å²) in [6.07, 6.45) is 0.817. The zero-order valence-electron chi connectivity index (χ0n) is 10.4. The fourth-order valence-electron chi connectivity index (χ4n) is 2.28. The van der Waals surface area contributed by atoms with Crippen LogP contribution in [-0.4, -0.2) is 7.11 Å². The number of benzene rings is 1. The number of hydrogen-bond acceptors (Lipinski definition) is 4. The Morgan fingerprint density at radius 3 is 2.95 bits per heavy atom. The molecule has 2 heterocycles. The lowest BCUT2D eigenvalue weighted by atomic mass is 9.96. The molecule has 0 fully saturated rings. The van der Waals surface area contributed by atoms with E-state index >= 15 is 0 Å². The Morgan fingerprint density at radius 1 is 1.42 bits per heavy atom. The minimum atomic E-state index is 0.000492. The number of nitrogens with two attached hydrogens (primary N) is 1. The van der Waals surface area contributed by atoms with Crippen LogP contribution in [-0.2, 0) is 0 Å². The number of ether oxygens (including phenoxy) is 2. The van der Waals surface area contributed by atoms with E-state index in [1.165, 1.54) is 4.88 Å². The first-order chi connectivity index (χ1) is 9.17. The van der Waals surface area contributed by atoms with Crippen molar-refractivity contribution in [2.24, 2.45) is 5.73 Å². The molecule has 0 amide bonds. The molecule has 3 rings (SSSR count). The van der Waals surface area contributed by atoms with E-state index in [9.17, 15) is 0 Å². The third kappa shape index (κ3) is 2.50. The van der Waals surface area contributed by atoms with Crippen LogP contribution in [0.4, 0.5) is 0 Å². The summed E-state index contributed by atoms with van der Waals surface area (Å²) in [5.41, 5.74) is 7.29. The van der Waals surface area contributed by atoms with E-state index in [1.807, 2.05) is 18.2 Å². The Kier molecular flexibility index (Phi) is 3.52. The third-order valence-electron chi connectivity index (χ3n) is 3.26. The zero-order chi connectivity index (χ0) is 13.4. The standard InChI is InChI=1S/C14H14BrNO2S/c1-17-9-2-3-10-11(16)6-13(18-12(10)5-9)14-4-8(15)7-19-14/h2-5,7,11,13H,6,16H2,1H3/t11-,13?/m0/s1. The van der Waals surface area contributed by atoms with Crippen LogP contribution in [0.15, 0.2) is 34.1 Å². The molecule has 2 atom stereocenters. The number of fused-ring (bicyclic) bond motifs is 1. The smallest absolute Gasteiger partial charge is 0.135 e. The highest BCUT2D eigenvalue weighted by Crippen LogP contribution is 2.42. The fraction of sp³-hybridized carbons (Fsp3) is 0.286. The van der Waals surface area contributed by atoms with Crippen molar-refractivity contribution in [2.75, 3.05) is 7.11 Å². The van der Waals surface area contributed by atoms with E-state index in [0.29, 0.717) is 0 Å². The van der Waals surface area contributed by atoms with Crippen LogP contribution in [0.2, 0.25) is 0 Å². The second-order valence-electron chi connectivity index (χ2n) is 4.52. The number of methoxy groups -OCH3 is 1. The first-order valence-electron chi connectivity index (χ1n) is 6.01. The van der Waals surface area contributed by atoms with Crippen molar-refractivity contribution in [1.29, 1.82) is 0 Å². The number of rotatable bonds is 2. The van der Waals surface area contributed by atoms with E-state index in [2.05, 4.69) is 27.4 Å². The van der Waals surface area contributed by atoms with Crippen molar-refractivity contribution in [2.45, 2.75) is 18.6 Å². The molecule has 2 N–H and O–H groups in total. The number of halogens is 1. The Bertz CT molecular complexity index is 599. The highest BCUT2D eigenvalue weighted by molar-refractivity contribution is 9.10. The molecule has 0 aliphatic carbocycles. The van der Waals surface area contributed by atoms with Gasteiger partial charge in [-0.2, -0.15) is 0 Å². The summed E-state index contributed by atoms with van der Waals surface area (Å²) < 4.78 is 12.4. The van der Waals surface area contributed by atoms with Crippen molar-refractivity contribution < 1.29 is 9.47 Å². The van der Waals surface area contributed by atoms with E-state index in [4.69, 9.17) is 15.2 Å². The second-order valence-corrected chi connectivity index (χ2v) is 6.38. The number of thiophene rings is 1. The molecule has 19 heavy (non-hydrogen) atoms. The maximum Gasteiger partial charge on any atom is 0.135 e. The topological polar surface area (TPSA) is 44.5 Å². The normalized spacial score (nSPS) is 21.6. The molecule has 1 aromatic heterocycles. The molecule has 2 aromatic rings. The van der Waals surface area contributed by atoms with E-state index in [-0.39, 0.29) is 12.1 Å². The van der Waals surface area contributed by atoms with E-state index < -0.39 is 0 Å². The fourth-order valence-corrected chi connectivity index (χ4v) is 3.77. The Labute approximate surface area is 124 Å². The summed E-state index contributed by atoms with van der Waals surface area (Å²) in [4.78, 5) is 1.19. The molecule has 0 saturated carbocycles. The average Bonchev–Trinajstić information content (AvgIpc) is 2.84. The summed E-state index contributed by atoms with van der Waals surface area (Å²) in [6, 6.07) is 7.90. The highest BCUT2D eigenvalue weighted by Gasteiger charge is 2.28. The van der Waals surface area contributed by atoms with Gasteiger partial charge in [-0.05, 0) is 28.1 Å². The van der Waals surface area contributed by atoms with Gasteiger partial charge in [0.05, 0.1) is 7.11 Å². The first-order valence-corrected chi connectivity index (χ1v) is 7.68. The molecule has 5 heteroatoms. The van der Waals surface area contributed by atoms with Gasteiger partial charge in [-0.3, -0.25) is 0 Å². The van der Waals surface area contributed by atoms with Crippen LogP contribution in [0.25, 0.3) is 0 Å². The molecule has 0 bridgehead atoms. The third-order valence-corrected chi connectivity index (χ3v) is 5.05. The lowest BCUT2D eigenvalue weighted by molar-refractivity contribution is 0.164. The molecular weight excluding hydrogens is 326 g/mol. The maximum absolute atomic E-state index is 6.24. The largest absolute Gasteiger partial charge is 0.497 e. The molecule has 0 radical (unpaired) electrons. The Morgan fingerprint density at radius 2 is 2.26 bits per heavy atom. The Balaban J connectivity index is 1.93. The second kappa shape index (κ2) is 5.15. The van der Waals surface area contributed by atoms with Crippen LogP contribution in [0.3, 0.4) is 0 Å². The van der Waals surface area contributed by atoms with Crippen LogP contribution >= 0.6 is 27.3 Å². The van der Waals surface area contributed by atoms with Gasteiger partial charge in [0.15, 0.2) is 0 Å². The summed E-state index contributed by atoms with van der Waals surface area (Å²) in [7, 11) is 1.65. The maximum atomic E-state index is 6.24. The van der Waals surface area contributed by atoms with Crippen molar-refractivity contribution in [1.82, 2.24) is 0 Å². The highest BCUT2D eigenvalue weighted by atomic mass is 79.9. The monoisotopic (exact) mass is 339 g/mol. The molecule has 1 aliphatic heterocycles. The lowest BCUT2D eigenvalue weighted by Gasteiger charge is -2.30. The van der Waals surface area contributed by atoms with Gasteiger partial charge in [0.1, 0.15) is 17.6 Å². The molecule has 1 aliphatic rings. The van der Waals surface area contributed by atoms with Gasteiger partial charge in [-0.25, -0.2) is 0 Å². The molecule has 3 nitrogen and oxygen atoms in total. The molecule has 0 spiro atoms. The van der Waals surface area contributed by atoms with Crippen LogP contribution in [0.1, 0.15) is 29.0 Å². The molecule has 1 aromatic carbocycles. The van der Waals surface area contributed by atoms with Crippen LogP contribution < -0.4 is 15.2 Å². The number of hydrogen-bond donors (Lipinski definition) is 1. The van der Waals surface area contributed by atoms with Gasteiger partial charge < -0.3 is 15.2 Å². The molecular formula is C14H14BrNO2S. The zero-order valence-corrected chi connectivity index (χ0v) is 12.8. The summed E-state index contributed by atoms with van der Waals surface area (Å²) >= 11 is 5.16. The van der Waals surface area contributed by atoms with Gasteiger partial charge in [0, 0.05) is 38.8 Å². The van der Waals surface area contributed by atoms with Crippen LogP contribution in [0, 0.1) is 0 Å². The van der Waals surface area contributed by atoms with Gasteiger partial charge >= 0.3 is 0 Å². The lowest BCUT2D eigenvalue weighted by Crippen LogP contribution is -2.23. The minimum Gasteiger partial charge on any atom is -0.497 e. The Hall–Kier alpha value is -1.04. The van der Waals surface area contributed by atoms with E-state index in [1.54, 1.807) is 18.4 Å². The molecule has 0 saturated heterocycles. The van der Waals surface area contributed by atoms with Gasteiger partial charge in [0.2, 0.25) is 0 Å². The molecule has 100 valence electrons. The van der Waals surface area contributed by atoms with Gasteiger partial charge in [-0.15, -0.1) is 11.3 Å². The minimum absolute atomic E-state index is 0.000492. The predicted molar refractivity (Wildman–Crippen MR) is 79.9 cm³/mol. The summed E-state index contributed by atoms with van der Waals surface area (Å²) in [5.74, 6) is 1.62. The van der Waals surface area contributed by atoms with Gasteiger partial charge in [-0.1, -0.05) is 6.07 Å². The molecule has 1 unspecified atom stereocenters. The first kappa shape index (κ1) is 13.0. The quantitative estimate of drug-likeness (QED) is 0.897. The van der Waals surface area contributed by atoms with Crippen LogP contribution in [0.5, 0.6) is 11.5 Å². The summed E-state index contributed by atoms with van der Waals surface area (Å²) in [5, 5.41) is 2.06. The van der Waals surface area contributed by atoms with Crippen molar-refractivity contribution in [3.63, 3.8) is 0 Å². The average molecular weight is 340 g/mol. The SMILES string of the molecule is COc1ccc2c(c1)OC(c1cc(Br)cs1)C[C@@H]2N.